The monoisotopic (exact) mass is 665 g/mol. The second-order valence-electron chi connectivity index (χ2n) is 11.5. The minimum atomic E-state index is -0.378. The summed E-state index contributed by atoms with van der Waals surface area (Å²) in [7, 11) is 0. The second kappa shape index (κ2) is 14.1. The molecule has 0 unspecified atom stereocenters. The lowest BCUT2D eigenvalue weighted by molar-refractivity contribution is -0.120. The van der Waals surface area contributed by atoms with Crippen molar-refractivity contribution < 1.29 is 33.4 Å². The Bertz CT molecular complexity index is 2180. The molecule has 6 rings (SSSR count). The SMILES string of the molecule is CC(=O)c1cccc(C(=O)Nc2cccc(Oc3cccc(Oc4cccc(NC(=O)c5ccc(N6C(=O)C(C)=C(C)C6=O)cc5)c4)c3)c2)c1. The smallest absolute Gasteiger partial charge is 0.261 e. The van der Waals surface area contributed by atoms with Gasteiger partial charge >= 0.3 is 0 Å². The number of benzene rings is 5. The van der Waals surface area contributed by atoms with Gasteiger partial charge in [-0.3, -0.25) is 24.0 Å². The minimum Gasteiger partial charge on any atom is -0.457 e. The van der Waals surface area contributed by atoms with Crippen LogP contribution in [0.5, 0.6) is 23.0 Å². The van der Waals surface area contributed by atoms with Crippen molar-refractivity contribution in [2.24, 2.45) is 0 Å². The molecule has 1 heterocycles. The van der Waals surface area contributed by atoms with Crippen LogP contribution in [0, 0.1) is 0 Å². The first-order valence-electron chi connectivity index (χ1n) is 15.6. The number of nitrogens with one attached hydrogen (secondary N) is 2. The summed E-state index contributed by atoms with van der Waals surface area (Å²) >= 11 is 0. The van der Waals surface area contributed by atoms with Crippen LogP contribution in [-0.2, 0) is 9.59 Å². The van der Waals surface area contributed by atoms with Crippen molar-refractivity contribution in [3.05, 3.63) is 149 Å². The first-order chi connectivity index (χ1) is 24.0. The average molecular weight is 666 g/mol. The lowest BCUT2D eigenvalue weighted by atomic mass is 10.1. The Morgan fingerprint density at radius 3 is 1.48 bits per heavy atom. The molecule has 10 nitrogen and oxygen atoms in total. The number of carbonyl (C=O) groups is 5. The molecular weight excluding hydrogens is 634 g/mol. The lowest BCUT2D eigenvalue weighted by Crippen LogP contribution is -2.31. The zero-order valence-corrected chi connectivity index (χ0v) is 27.4. The van der Waals surface area contributed by atoms with Crippen molar-refractivity contribution in [3.63, 3.8) is 0 Å². The maximum absolute atomic E-state index is 13.0. The van der Waals surface area contributed by atoms with Gasteiger partial charge in [0.05, 0.1) is 5.69 Å². The first kappa shape index (κ1) is 33.1. The summed E-state index contributed by atoms with van der Waals surface area (Å²) < 4.78 is 12.1. The Morgan fingerprint density at radius 2 is 0.960 bits per heavy atom. The molecule has 5 aromatic rings. The van der Waals surface area contributed by atoms with Crippen LogP contribution in [0.3, 0.4) is 0 Å². The van der Waals surface area contributed by atoms with E-state index < -0.39 is 0 Å². The van der Waals surface area contributed by atoms with Gasteiger partial charge in [-0.1, -0.05) is 30.3 Å². The van der Waals surface area contributed by atoms with Gasteiger partial charge in [-0.25, -0.2) is 4.90 Å². The van der Waals surface area contributed by atoms with Crippen molar-refractivity contribution in [3.8, 4) is 23.0 Å². The normalized spacial score (nSPS) is 12.5. The van der Waals surface area contributed by atoms with Gasteiger partial charge in [0.2, 0.25) is 0 Å². The van der Waals surface area contributed by atoms with Crippen molar-refractivity contribution >= 4 is 46.5 Å². The van der Waals surface area contributed by atoms with E-state index in [0.717, 1.165) is 4.90 Å². The molecule has 0 radical (unpaired) electrons. The second-order valence-corrected chi connectivity index (χ2v) is 11.5. The number of anilines is 3. The van der Waals surface area contributed by atoms with Gasteiger partial charge in [-0.15, -0.1) is 0 Å². The summed E-state index contributed by atoms with van der Waals surface area (Å²) in [6, 6.07) is 33.6. The lowest BCUT2D eigenvalue weighted by Gasteiger charge is -2.15. The summed E-state index contributed by atoms with van der Waals surface area (Å²) in [5.41, 5.74) is 3.38. The number of Topliss-reactive ketones (excluding diaryl/α,β-unsaturated/α-hetero) is 1. The van der Waals surface area contributed by atoms with E-state index in [2.05, 4.69) is 10.6 Å². The molecule has 0 spiro atoms. The van der Waals surface area contributed by atoms with E-state index in [9.17, 15) is 24.0 Å². The third-order valence-electron chi connectivity index (χ3n) is 7.99. The quantitative estimate of drug-likeness (QED) is 0.114. The Balaban J connectivity index is 1.07. The molecule has 0 aliphatic carbocycles. The average Bonchev–Trinajstić information content (AvgIpc) is 3.30. The van der Waals surface area contributed by atoms with Crippen molar-refractivity contribution in [2.75, 3.05) is 15.5 Å². The molecule has 0 aromatic heterocycles. The number of imide groups is 1. The Labute approximate surface area is 288 Å². The molecule has 50 heavy (non-hydrogen) atoms. The molecule has 1 aliphatic rings. The number of hydrogen-bond donors (Lipinski definition) is 2. The van der Waals surface area contributed by atoms with Gasteiger partial charge in [0.25, 0.3) is 23.6 Å². The maximum Gasteiger partial charge on any atom is 0.261 e. The largest absolute Gasteiger partial charge is 0.457 e. The van der Waals surface area contributed by atoms with Gasteiger partial charge in [0.1, 0.15) is 23.0 Å². The van der Waals surface area contributed by atoms with Gasteiger partial charge in [-0.05, 0) is 93.6 Å². The number of ketones is 1. The van der Waals surface area contributed by atoms with E-state index in [1.165, 1.54) is 6.92 Å². The van der Waals surface area contributed by atoms with Crippen LogP contribution in [0.1, 0.15) is 51.8 Å². The topological polar surface area (TPSA) is 131 Å². The molecular formula is C40H31N3O7. The summed E-state index contributed by atoms with van der Waals surface area (Å²) in [5.74, 6) is 0.334. The van der Waals surface area contributed by atoms with Crippen LogP contribution in [0.15, 0.2) is 132 Å². The van der Waals surface area contributed by atoms with Crippen molar-refractivity contribution in [2.45, 2.75) is 20.8 Å². The van der Waals surface area contributed by atoms with Crippen LogP contribution in [0.4, 0.5) is 17.1 Å². The molecule has 5 aromatic carbocycles. The van der Waals surface area contributed by atoms with E-state index in [1.807, 2.05) is 0 Å². The molecule has 0 saturated carbocycles. The number of carbonyl (C=O) groups excluding carboxylic acids is 5. The molecule has 1 aliphatic heterocycles. The van der Waals surface area contributed by atoms with Crippen LogP contribution in [0.2, 0.25) is 0 Å². The highest BCUT2D eigenvalue weighted by Crippen LogP contribution is 2.31. The minimum absolute atomic E-state index is 0.124. The van der Waals surface area contributed by atoms with Crippen molar-refractivity contribution in [1.82, 2.24) is 0 Å². The third-order valence-corrected chi connectivity index (χ3v) is 7.99. The summed E-state index contributed by atoms with van der Waals surface area (Å²) in [5, 5.41) is 5.67. The number of hydrogen-bond acceptors (Lipinski definition) is 7. The van der Waals surface area contributed by atoms with Gasteiger partial charge < -0.3 is 20.1 Å². The number of rotatable bonds is 10. The summed E-state index contributed by atoms with van der Waals surface area (Å²) in [6.45, 7) is 4.68. The molecule has 248 valence electrons. The molecule has 0 fully saturated rings. The summed E-state index contributed by atoms with van der Waals surface area (Å²) in [6.07, 6.45) is 0. The highest BCUT2D eigenvalue weighted by Gasteiger charge is 2.34. The van der Waals surface area contributed by atoms with E-state index in [4.69, 9.17) is 9.47 Å². The van der Waals surface area contributed by atoms with Crippen LogP contribution >= 0.6 is 0 Å². The Hall–Kier alpha value is -6.81. The summed E-state index contributed by atoms with van der Waals surface area (Å²) in [4.78, 5) is 63.6. The zero-order chi connectivity index (χ0) is 35.4. The number of ether oxygens (including phenoxy) is 2. The highest BCUT2D eigenvalue weighted by molar-refractivity contribution is 6.32. The van der Waals surface area contributed by atoms with Crippen LogP contribution in [0.25, 0.3) is 0 Å². The highest BCUT2D eigenvalue weighted by atomic mass is 16.5. The predicted molar refractivity (Wildman–Crippen MR) is 189 cm³/mol. The van der Waals surface area contributed by atoms with Crippen LogP contribution < -0.4 is 25.0 Å². The van der Waals surface area contributed by atoms with Crippen molar-refractivity contribution in [1.29, 1.82) is 0 Å². The zero-order valence-electron chi connectivity index (χ0n) is 27.4. The van der Waals surface area contributed by atoms with Crippen LogP contribution in [-0.4, -0.2) is 29.4 Å². The molecule has 0 saturated heterocycles. The first-order valence-corrected chi connectivity index (χ1v) is 15.6. The maximum atomic E-state index is 13.0. The Morgan fingerprint density at radius 1 is 0.520 bits per heavy atom. The number of amides is 4. The molecule has 0 atom stereocenters. The third kappa shape index (κ3) is 7.34. The van der Waals surface area contributed by atoms with Gasteiger partial charge in [0, 0.05) is 57.4 Å². The van der Waals surface area contributed by atoms with E-state index >= 15 is 0 Å². The van der Waals surface area contributed by atoms with E-state index in [1.54, 1.807) is 135 Å². The van der Waals surface area contributed by atoms with Gasteiger partial charge in [0.15, 0.2) is 5.78 Å². The molecule has 10 heteroatoms. The molecule has 4 amide bonds. The standard InChI is InChI=1S/C40H31N3O7/c1-24-25(2)40(48)43(39(24)47)32-18-16-27(17-19-32)37(45)41-30-10-5-12-33(21-30)49-35-14-7-15-36(23-35)50-34-13-6-11-31(22-34)42-38(46)29-9-4-8-28(20-29)26(3)44/h4-23H,1-3H3,(H,41,45)(H,42,46). The fourth-order valence-electron chi connectivity index (χ4n) is 5.18. The fraction of sp³-hybridized carbons (Fsp3) is 0.0750. The Kier molecular flexibility index (Phi) is 9.35. The number of nitrogens with zero attached hydrogens (tertiary/aromatic N) is 1. The molecule has 0 bridgehead atoms. The fourth-order valence-corrected chi connectivity index (χ4v) is 5.18. The molecule has 2 N–H and O–H groups in total. The van der Waals surface area contributed by atoms with Gasteiger partial charge in [-0.2, -0.15) is 0 Å². The predicted octanol–water partition coefficient (Wildman–Crippen LogP) is 8.19. The van der Waals surface area contributed by atoms with E-state index in [0.29, 0.717) is 67.9 Å². The van der Waals surface area contributed by atoms with E-state index in [-0.39, 0.29) is 29.4 Å².